The van der Waals surface area contributed by atoms with Gasteiger partial charge in [0.1, 0.15) is 5.82 Å². The number of carbonyl (C=O) groups excluding carboxylic acids is 1. The van der Waals surface area contributed by atoms with Crippen LogP contribution in [0.2, 0.25) is 0 Å². The molecular formula is C20H21N3O. The van der Waals surface area contributed by atoms with Gasteiger partial charge in [0.25, 0.3) is 5.91 Å². The number of rotatable bonds is 6. The smallest absolute Gasteiger partial charge is 0.253 e. The maximum absolute atomic E-state index is 11.8. The fourth-order valence-corrected chi connectivity index (χ4v) is 3.00. The highest BCUT2D eigenvalue weighted by molar-refractivity contribution is 5.94. The van der Waals surface area contributed by atoms with E-state index in [1.807, 2.05) is 13.1 Å². The Hall–Kier alpha value is -2.80. The van der Waals surface area contributed by atoms with Crippen LogP contribution in [-0.4, -0.2) is 31.0 Å². The van der Waals surface area contributed by atoms with Crippen LogP contribution < -0.4 is 10.2 Å². The second kappa shape index (κ2) is 6.76. The molecule has 1 aliphatic rings. The third kappa shape index (κ3) is 3.41. The minimum atomic E-state index is -0.197. The Morgan fingerprint density at radius 1 is 1.29 bits per heavy atom. The molecule has 1 amide bonds. The summed E-state index contributed by atoms with van der Waals surface area (Å²) in [7, 11) is 2.05. The molecule has 1 N–H and O–H groups in total. The number of nitrogens with zero attached hydrogens (tertiary/aromatic N) is 2. The van der Waals surface area contributed by atoms with Crippen molar-refractivity contribution in [2.24, 2.45) is 0 Å². The van der Waals surface area contributed by atoms with Crippen molar-refractivity contribution >= 4 is 11.7 Å². The minimum absolute atomic E-state index is 0.197. The number of anilines is 1. The molecule has 0 radical (unpaired) electrons. The van der Waals surface area contributed by atoms with Crippen molar-refractivity contribution in [3.63, 3.8) is 0 Å². The molecule has 122 valence electrons. The molecule has 4 nitrogen and oxygen atoms in total. The number of hydrogen-bond donors (Lipinski definition) is 1. The van der Waals surface area contributed by atoms with E-state index in [2.05, 4.69) is 51.5 Å². The molecule has 1 fully saturated rings. The normalized spacial score (nSPS) is 14.5. The molecule has 1 aromatic carbocycles. The van der Waals surface area contributed by atoms with Gasteiger partial charge in [0.15, 0.2) is 0 Å². The molecule has 24 heavy (non-hydrogen) atoms. The maximum atomic E-state index is 11.8. The van der Waals surface area contributed by atoms with Gasteiger partial charge in [-0.1, -0.05) is 36.3 Å². The Morgan fingerprint density at radius 3 is 2.62 bits per heavy atom. The summed E-state index contributed by atoms with van der Waals surface area (Å²) in [4.78, 5) is 18.4. The molecule has 0 aliphatic heterocycles. The van der Waals surface area contributed by atoms with Gasteiger partial charge in [0.2, 0.25) is 0 Å². The number of aromatic nitrogens is 1. The molecule has 3 rings (SSSR count). The highest BCUT2D eigenvalue weighted by Gasteiger charge is 2.45. The number of hydrogen-bond acceptors (Lipinski definition) is 3. The van der Waals surface area contributed by atoms with E-state index in [9.17, 15) is 4.79 Å². The van der Waals surface area contributed by atoms with Gasteiger partial charge < -0.3 is 10.2 Å². The Balaban J connectivity index is 1.67. The van der Waals surface area contributed by atoms with Crippen molar-refractivity contribution < 1.29 is 4.79 Å². The number of nitrogens with one attached hydrogen (secondary N) is 1. The van der Waals surface area contributed by atoms with Crippen LogP contribution in [0.3, 0.4) is 0 Å². The van der Waals surface area contributed by atoms with Crippen LogP contribution in [0.15, 0.2) is 48.7 Å². The number of likely N-dealkylation sites (N-methyl/N-ethyl adjacent to an activating group) is 1. The third-order valence-electron chi connectivity index (χ3n) is 4.53. The van der Waals surface area contributed by atoms with E-state index in [1.54, 1.807) is 12.3 Å². The largest absolute Gasteiger partial charge is 0.359 e. The first-order valence-electron chi connectivity index (χ1n) is 8.09. The lowest BCUT2D eigenvalue weighted by Gasteiger charge is -2.25. The zero-order valence-corrected chi connectivity index (χ0v) is 13.8. The average Bonchev–Trinajstić information content (AvgIpc) is 3.41. The van der Waals surface area contributed by atoms with Crippen molar-refractivity contribution in [1.29, 1.82) is 0 Å². The van der Waals surface area contributed by atoms with Gasteiger partial charge in [0.05, 0.1) is 12.1 Å². The van der Waals surface area contributed by atoms with Gasteiger partial charge >= 0.3 is 0 Å². The number of amides is 1. The molecule has 0 spiro atoms. The molecule has 0 bridgehead atoms. The van der Waals surface area contributed by atoms with Crippen LogP contribution in [0.5, 0.6) is 0 Å². The first-order chi connectivity index (χ1) is 11.6. The van der Waals surface area contributed by atoms with Crippen LogP contribution in [0.25, 0.3) is 0 Å². The quantitative estimate of drug-likeness (QED) is 0.833. The molecule has 0 atom stereocenters. The average molecular weight is 319 g/mol. The minimum Gasteiger partial charge on any atom is -0.359 e. The topological polar surface area (TPSA) is 45.2 Å². The van der Waals surface area contributed by atoms with E-state index in [4.69, 9.17) is 6.42 Å². The number of terminal acetylenes is 1. The molecule has 2 aromatic rings. The van der Waals surface area contributed by atoms with E-state index in [0.29, 0.717) is 5.56 Å². The van der Waals surface area contributed by atoms with Gasteiger partial charge in [-0.2, -0.15) is 0 Å². The molecule has 1 heterocycles. The van der Waals surface area contributed by atoms with Gasteiger partial charge in [-0.15, -0.1) is 6.42 Å². The summed E-state index contributed by atoms with van der Waals surface area (Å²) >= 11 is 0. The lowest BCUT2D eigenvalue weighted by atomic mass is 9.95. The molecule has 1 aromatic heterocycles. The fourth-order valence-electron chi connectivity index (χ4n) is 3.00. The maximum Gasteiger partial charge on any atom is 0.253 e. The second-order valence-corrected chi connectivity index (χ2v) is 6.29. The Kier molecular flexibility index (Phi) is 4.52. The summed E-state index contributed by atoms with van der Waals surface area (Å²) in [6, 6.07) is 14.3. The first-order valence-corrected chi connectivity index (χ1v) is 8.09. The fraction of sp³-hybridized carbons (Fsp3) is 0.300. The summed E-state index contributed by atoms with van der Waals surface area (Å²) in [5.41, 5.74) is 2.15. The van der Waals surface area contributed by atoms with Crippen molar-refractivity contribution in [3.05, 3.63) is 59.8 Å². The molecular weight excluding hydrogens is 298 g/mol. The monoisotopic (exact) mass is 319 g/mol. The highest BCUT2D eigenvalue weighted by Crippen LogP contribution is 2.48. The SMILES string of the molecule is C#CCNC(=O)c1ccc(N(C)CC2(c3ccccc3)CC2)nc1. The van der Waals surface area contributed by atoms with E-state index in [1.165, 1.54) is 18.4 Å². The summed E-state index contributed by atoms with van der Waals surface area (Å²) in [6.45, 7) is 1.15. The molecule has 1 saturated carbocycles. The zero-order chi connectivity index (χ0) is 17.0. The third-order valence-corrected chi connectivity index (χ3v) is 4.53. The highest BCUT2D eigenvalue weighted by atomic mass is 16.1. The van der Waals surface area contributed by atoms with Gasteiger partial charge in [-0.25, -0.2) is 4.98 Å². The number of benzene rings is 1. The molecule has 0 saturated heterocycles. The van der Waals surface area contributed by atoms with Crippen molar-refractivity contribution in [2.75, 3.05) is 25.0 Å². The second-order valence-electron chi connectivity index (χ2n) is 6.29. The lowest BCUT2D eigenvalue weighted by Crippen LogP contribution is -2.30. The number of pyridine rings is 1. The molecule has 0 unspecified atom stereocenters. The lowest BCUT2D eigenvalue weighted by molar-refractivity contribution is 0.0958. The number of carbonyl (C=O) groups is 1. The zero-order valence-electron chi connectivity index (χ0n) is 13.8. The van der Waals surface area contributed by atoms with Gasteiger partial charge in [0, 0.05) is 25.2 Å². The van der Waals surface area contributed by atoms with E-state index in [0.717, 1.165) is 12.4 Å². The van der Waals surface area contributed by atoms with Crippen molar-refractivity contribution in [2.45, 2.75) is 18.3 Å². The van der Waals surface area contributed by atoms with Crippen LogP contribution >= 0.6 is 0 Å². The summed E-state index contributed by atoms with van der Waals surface area (Å²) in [5.74, 6) is 3.06. The van der Waals surface area contributed by atoms with Crippen LogP contribution in [0.4, 0.5) is 5.82 Å². The summed E-state index contributed by atoms with van der Waals surface area (Å²) < 4.78 is 0. The predicted octanol–water partition coefficient (Wildman–Crippen LogP) is 2.61. The molecule has 1 aliphatic carbocycles. The Bertz CT molecular complexity index is 743. The molecule has 4 heteroatoms. The van der Waals surface area contributed by atoms with Gasteiger partial charge in [-0.05, 0) is 30.5 Å². The Morgan fingerprint density at radius 2 is 2.04 bits per heavy atom. The summed E-state index contributed by atoms with van der Waals surface area (Å²) in [5, 5.41) is 2.64. The van der Waals surface area contributed by atoms with E-state index >= 15 is 0 Å². The van der Waals surface area contributed by atoms with Gasteiger partial charge in [-0.3, -0.25) is 4.79 Å². The summed E-state index contributed by atoms with van der Waals surface area (Å²) in [6.07, 6.45) is 9.15. The van der Waals surface area contributed by atoms with Crippen LogP contribution in [0, 0.1) is 12.3 Å². The standard InChI is InChI=1S/C20H21N3O/c1-3-13-21-19(24)16-9-10-18(22-14-16)23(2)15-20(11-12-20)17-7-5-4-6-8-17/h1,4-10,14H,11-13,15H2,2H3,(H,21,24). The van der Waals surface area contributed by atoms with Crippen LogP contribution in [-0.2, 0) is 5.41 Å². The van der Waals surface area contributed by atoms with Crippen LogP contribution in [0.1, 0.15) is 28.8 Å². The predicted molar refractivity (Wildman–Crippen MR) is 96.0 cm³/mol. The van der Waals surface area contributed by atoms with E-state index in [-0.39, 0.29) is 17.9 Å². The van der Waals surface area contributed by atoms with E-state index < -0.39 is 0 Å². The Labute approximate surface area is 142 Å². The van der Waals surface area contributed by atoms with Crippen molar-refractivity contribution in [3.8, 4) is 12.3 Å². The van der Waals surface area contributed by atoms with Crippen molar-refractivity contribution in [1.82, 2.24) is 10.3 Å². The first kappa shape index (κ1) is 16.1.